The minimum absolute atomic E-state index is 0.0791. The quantitative estimate of drug-likeness (QED) is 0.482. The Bertz CT molecular complexity index is 1190. The molecule has 0 radical (unpaired) electrons. The number of nitrogens with zero attached hydrogens (tertiary/aromatic N) is 2. The first kappa shape index (κ1) is 20.6. The van der Waals surface area contributed by atoms with E-state index in [-0.39, 0.29) is 17.9 Å². The molecule has 3 aromatic rings. The van der Waals surface area contributed by atoms with Crippen molar-refractivity contribution in [3.05, 3.63) is 99.5 Å². The van der Waals surface area contributed by atoms with Crippen LogP contribution in [-0.2, 0) is 6.54 Å². The Balaban J connectivity index is 1.89. The van der Waals surface area contributed by atoms with Gasteiger partial charge in [-0.05, 0) is 36.3 Å². The Labute approximate surface area is 173 Å². The van der Waals surface area contributed by atoms with Crippen LogP contribution in [-0.4, -0.2) is 22.1 Å². The lowest BCUT2D eigenvalue weighted by Gasteiger charge is -2.12. The van der Waals surface area contributed by atoms with Gasteiger partial charge in [0.15, 0.2) is 12.4 Å². The molecule has 0 amide bonds. The molecule has 0 spiro atoms. The SMILES string of the molecule is Cc1cc(O)c(C(=O)/C=C/c2cccc(OCC#N)c2)c(=O)n1Cc1ccccc1. The molecule has 3 rings (SSSR count). The van der Waals surface area contributed by atoms with E-state index >= 15 is 0 Å². The fraction of sp³-hybridized carbons (Fsp3) is 0.125. The van der Waals surface area contributed by atoms with Gasteiger partial charge in [-0.1, -0.05) is 48.5 Å². The second-order valence-electron chi connectivity index (χ2n) is 6.64. The number of hydrogen-bond acceptors (Lipinski definition) is 5. The van der Waals surface area contributed by atoms with Crippen LogP contribution in [0.2, 0.25) is 0 Å². The summed E-state index contributed by atoms with van der Waals surface area (Å²) in [7, 11) is 0. The number of benzene rings is 2. The summed E-state index contributed by atoms with van der Waals surface area (Å²) < 4.78 is 6.70. The number of ether oxygens (including phenoxy) is 1. The van der Waals surface area contributed by atoms with Gasteiger partial charge >= 0.3 is 0 Å². The van der Waals surface area contributed by atoms with E-state index in [1.807, 2.05) is 36.4 Å². The first-order valence-electron chi connectivity index (χ1n) is 9.29. The van der Waals surface area contributed by atoms with E-state index in [0.29, 0.717) is 23.6 Å². The molecule has 1 aromatic heterocycles. The molecule has 0 aliphatic heterocycles. The van der Waals surface area contributed by atoms with Gasteiger partial charge in [0.25, 0.3) is 5.56 Å². The summed E-state index contributed by atoms with van der Waals surface area (Å²) in [6.07, 6.45) is 2.77. The predicted octanol–water partition coefficient (Wildman–Crippen LogP) is 3.71. The molecule has 0 saturated carbocycles. The van der Waals surface area contributed by atoms with Crippen molar-refractivity contribution in [3.63, 3.8) is 0 Å². The van der Waals surface area contributed by atoms with Crippen molar-refractivity contribution in [3.8, 4) is 17.6 Å². The second kappa shape index (κ2) is 9.39. The molecule has 0 unspecified atom stereocenters. The Kier molecular flexibility index (Phi) is 6.46. The normalized spacial score (nSPS) is 10.7. The zero-order chi connectivity index (χ0) is 21.5. The maximum absolute atomic E-state index is 12.9. The smallest absolute Gasteiger partial charge is 0.266 e. The Morgan fingerprint density at radius 3 is 2.67 bits per heavy atom. The summed E-state index contributed by atoms with van der Waals surface area (Å²) in [5.41, 5.74) is 1.32. The lowest BCUT2D eigenvalue weighted by molar-refractivity contribution is 0.104. The fourth-order valence-electron chi connectivity index (χ4n) is 3.03. The number of ketones is 1. The Morgan fingerprint density at radius 1 is 1.17 bits per heavy atom. The van der Waals surface area contributed by atoms with E-state index in [2.05, 4.69) is 0 Å². The number of rotatable bonds is 7. The van der Waals surface area contributed by atoms with Gasteiger partial charge < -0.3 is 14.4 Å². The van der Waals surface area contributed by atoms with Crippen molar-refractivity contribution in [1.82, 2.24) is 4.57 Å². The second-order valence-corrected chi connectivity index (χ2v) is 6.64. The molecule has 0 atom stereocenters. The van der Waals surface area contributed by atoms with E-state index in [1.165, 1.54) is 22.8 Å². The number of allylic oxidation sites excluding steroid dienone is 1. The van der Waals surface area contributed by atoms with Gasteiger partial charge in [-0.25, -0.2) is 0 Å². The van der Waals surface area contributed by atoms with Gasteiger partial charge in [-0.3, -0.25) is 9.59 Å². The van der Waals surface area contributed by atoms with Crippen LogP contribution in [0.4, 0.5) is 0 Å². The molecule has 6 heteroatoms. The number of aryl methyl sites for hydroxylation is 1. The summed E-state index contributed by atoms with van der Waals surface area (Å²) in [4.78, 5) is 25.6. The minimum atomic E-state index is -0.595. The van der Waals surface area contributed by atoms with Gasteiger partial charge in [0.1, 0.15) is 23.1 Å². The van der Waals surface area contributed by atoms with Crippen molar-refractivity contribution in [2.45, 2.75) is 13.5 Å². The zero-order valence-electron chi connectivity index (χ0n) is 16.4. The summed E-state index contributed by atoms with van der Waals surface area (Å²) >= 11 is 0. The van der Waals surface area contributed by atoms with Crippen LogP contribution in [0.15, 0.2) is 71.5 Å². The van der Waals surface area contributed by atoms with Crippen molar-refractivity contribution in [2.75, 3.05) is 6.61 Å². The van der Waals surface area contributed by atoms with Crippen molar-refractivity contribution < 1.29 is 14.6 Å². The molecule has 30 heavy (non-hydrogen) atoms. The number of nitriles is 1. The van der Waals surface area contributed by atoms with Gasteiger partial charge in [-0.15, -0.1) is 0 Å². The third kappa shape index (κ3) is 4.83. The molecule has 0 bridgehead atoms. The largest absolute Gasteiger partial charge is 0.507 e. The first-order valence-corrected chi connectivity index (χ1v) is 9.29. The van der Waals surface area contributed by atoms with Crippen molar-refractivity contribution in [1.29, 1.82) is 5.26 Å². The lowest BCUT2D eigenvalue weighted by atomic mass is 10.1. The molecule has 6 nitrogen and oxygen atoms in total. The predicted molar refractivity (Wildman–Crippen MR) is 114 cm³/mol. The maximum Gasteiger partial charge on any atom is 0.266 e. The summed E-state index contributed by atoms with van der Waals surface area (Å²) in [5, 5.41) is 18.9. The van der Waals surface area contributed by atoms with Crippen molar-refractivity contribution >= 4 is 11.9 Å². The van der Waals surface area contributed by atoms with Crippen LogP contribution in [0.3, 0.4) is 0 Å². The molecule has 150 valence electrons. The highest BCUT2D eigenvalue weighted by atomic mass is 16.5. The summed E-state index contributed by atoms with van der Waals surface area (Å²) in [6, 6.07) is 19.6. The van der Waals surface area contributed by atoms with E-state index in [1.54, 1.807) is 31.2 Å². The molecule has 0 saturated heterocycles. The van der Waals surface area contributed by atoms with Crippen LogP contribution in [0, 0.1) is 18.3 Å². The Morgan fingerprint density at radius 2 is 1.93 bits per heavy atom. The number of pyridine rings is 1. The lowest BCUT2D eigenvalue weighted by Crippen LogP contribution is -2.28. The summed E-state index contributed by atoms with van der Waals surface area (Å²) in [5.74, 6) is -0.445. The fourth-order valence-corrected chi connectivity index (χ4v) is 3.03. The van der Waals surface area contributed by atoms with Gasteiger partial charge in [0, 0.05) is 11.8 Å². The van der Waals surface area contributed by atoms with Crippen LogP contribution >= 0.6 is 0 Å². The molecule has 0 aliphatic carbocycles. The van der Waals surface area contributed by atoms with E-state index in [4.69, 9.17) is 10.00 Å². The minimum Gasteiger partial charge on any atom is -0.507 e. The first-order chi connectivity index (χ1) is 14.5. The molecule has 1 N–H and O–H groups in total. The average molecular weight is 400 g/mol. The maximum atomic E-state index is 12.9. The van der Waals surface area contributed by atoms with E-state index < -0.39 is 11.3 Å². The third-order valence-corrected chi connectivity index (χ3v) is 4.51. The van der Waals surface area contributed by atoms with Crippen LogP contribution in [0.5, 0.6) is 11.5 Å². The highest BCUT2D eigenvalue weighted by Crippen LogP contribution is 2.18. The molecule has 0 fully saturated rings. The number of aromatic nitrogens is 1. The number of aromatic hydroxyl groups is 1. The number of carbonyl (C=O) groups excluding carboxylic acids is 1. The average Bonchev–Trinajstić information content (AvgIpc) is 2.74. The van der Waals surface area contributed by atoms with Crippen LogP contribution < -0.4 is 10.3 Å². The van der Waals surface area contributed by atoms with E-state index in [9.17, 15) is 14.7 Å². The van der Waals surface area contributed by atoms with Crippen LogP contribution in [0.25, 0.3) is 6.08 Å². The van der Waals surface area contributed by atoms with Gasteiger partial charge in [0.05, 0.1) is 6.54 Å². The highest BCUT2D eigenvalue weighted by molar-refractivity contribution is 6.08. The molecular formula is C24H20N2O4. The van der Waals surface area contributed by atoms with E-state index in [0.717, 1.165) is 5.56 Å². The van der Waals surface area contributed by atoms with Gasteiger partial charge in [-0.2, -0.15) is 5.26 Å². The molecular weight excluding hydrogens is 380 g/mol. The van der Waals surface area contributed by atoms with Crippen molar-refractivity contribution in [2.24, 2.45) is 0 Å². The summed E-state index contributed by atoms with van der Waals surface area (Å²) in [6.45, 7) is 1.93. The molecule has 2 aromatic carbocycles. The van der Waals surface area contributed by atoms with Crippen LogP contribution in [0.1, 0.15) is 27.2 Å². The zero-order valence-corrected chi connectivity index (χ0v) is 16.4. The van der Waals surface area contributed by atoms with Gasteiger partial charge in [0.2, 0.25) is 0 Å². The monoisotopic (exact) mass is 400 g/mol. The highest BCUT2D eigenvalue weighted by Gasteiger charge is 2.18. The Hall–Kier alpha value is -4.11. The number of hydrogen-bond donors (Lipinski definition) is 1. The third-order valence-electron chi connectivity index (χ3n) is 4.51. The standard InChI is InChI=1S/C24H20N2O4/c1-17-14-22(28)23(24(29)26(17)16-19-6-3-2-4-7-19)21(27)11-10-18-8-5-9-20(15-18)30-13-12-25/h2-11,14-15,28H,13,16H2,1H3/b11-10+. The molecule has 1 heterocycles. The topological polar surface area (TPSA) is 92.3 Å². The molecule has 0 aliphatic rings. The number of carbonyl (C=O) groups is 1.